The van der Waals surface area contributed by atoms with Crippen molar-refractivity contribution >= 4 is 10.2 Å². The Kier molecular flexibility index (Phi) is 6.73. The number of hydrogen-bond donors (Lipinski definition) is 1. The third-order valence-corrected chi connectivity index (χ3v) is 6.13. The lowest BCUT2D eigenvalue weighted by atomic mass is 9.98. The molecule has 0 radical (unpaired) electrons. The predicted molar refractivity (Wildman–Crippen MR) is 79.3 cm³/mol. The van der Waals surface area contributed by atoms with E-state index in [9.17, 15) is 8.42 Å². The normalized spacial score (nSPS) is 18.7. The van der Waals surface area contributed by atoms with Crippen molar-refractivity contribution in [3.8, 4) is 0 Å². The molecule has 0 aromatic carbocycles. The number of nitrogens with one attached hydrogen (secondary N) is 1. The Morgan fingerprint density at radius 2 is 1.68 bits per heavy atom. The quantitative estimate of drug-likeness (QED) is 0.769. The third kappa shape index (κ3) is 4.41. The van der Waals surface area contributed by atoms with Gasteiger partial charge in [0.25, 0.3) is 10.2 Å². The molecule has 0 aromatic heterocycles. The molecular weight excluding hydrogens is 262 g/mol. The van der Waals surface area contributed by atoms with Crippen LogP contribution in [0.5, 0.6) is 0 Å². The summed E-state index contributed by atoms with van der Waals surface area (Å²) in [6, 6.07) is 0.0143. The largest absolute Gasteiger partial charge is 0.317 e. The van der Waals surface area contributed by atoms with Crippen LogP contribution in [0.1, 0.15) is 40.5 Å². The van der Waals surface area contributed by atoms with Crippen LogP contribution in [-0.4, -0.2) is 55.8 Å². The van der Waals surface area contributed by atoms with Gasteiger partial charge in [0.1, 0.15) is 0 Å². The molecule has 0 spiro atoms. The Hall–Kier alpha value is -0.170. The van der Waals surface area contributed by atoms with Gasteiger partial charge in [-0.25, -0.2) is 0 Å². The van der Waals surface area contributed by atoms with Crippen molar-refractivity contribution in [3.05, 3.63) is 0 Å². The summed E-state index contributed by atoms with van der Waals surface area (Å²) in [5, 5.41) is 3.32. The van der Waals surface area contributed by atoms with Crippen molar-refractivity contribution in [1.82, 2.24) is 13.9 Å². The average Bonchev–Trinajstić information content (AvgIpc) is 2.37. The lowest BCUT2D eigenvalue weighted by molar-refractivity contribution is 0.244. The summed E-state index contributed by atoms with van der Waals surface area (Å²) in [5.41, 5.74) is 0. The molecule has 1 saturated heterocycles. The van der Waals surface area contributed by atoms with Crippen molar-refractivity contribution in [2.45, 2.75) is 46.6 Å². The second-order valence-corrected chi connectivity index (χ2v) is 7.33. The van der Waals surface area contributed by atoms with Crippen molar-refractivity contribution in [2.24, 2.45) is 5.92 Å². The predicted octanol–water partition coefficient (Wildman–Crippen LogP) is 1.28. The minimum atomic E-state index is -3.32. The maximum atomic E-state index is 12.6. The van der Waals surface area contributed by atoms with Crippen LogP contribution in [0.3, 0.4) is 0 Å². The molecule has 0 amide bonds. The monoisotopic (exact) mass is 291 g/mol. The van der Waals surface area contributed by atoms with Gasteiger partial charge in [0.05, 0.1) is 0 Å². The van der Waals surface area contributed by atoms with Gasteiger partial charge in [0.15, 0.2) is 0 Å². The molecule has 0 aromatic rings. The highest BCUT2D eigenvalue weighted by molar-refractivity contribution is 7.86. The van der Waals surface area contributed by atoms with E-state index in [0.717, 1.165) is 25.9 Å². The fraction of sp³-hybridized carbons (Fsp3) is 1.00. The molecule has 0 atom stereocenters. The summed E-state index contributed by atoms with van der Waals surface area (Å²) >= 11 is 0. The smallest absolute Gasteiger partial charge is 0.282 e. The molecule has 1 aliphatic rings. The van der Waals surface area contributed by atoms with Crippen LogP contribution in [0.25, 0.3) is 0 Å². The number of rotatable bonds is 7. The van der Waals surface area contributed by atoms with E-state index in [1.54, 1.807) is 8.61 Å². The fourth-order valence-electron chi connectivity index (χ4n) is 2.59. The van der Waals surface area contributed by atoms with E-state index in [-0.39, 0.29) is 6.04 Å². The zero-order valence-corrected chi connectivity index (χ0v) is 13.5. The first-order valence-electron chi connectivity index (χ1n) is 7.41. The maximum absolute atomic E-state index is 12.6. The summed E-state index contributed by atoms with van der Waals surface area (Å²) in [6.07, 6.45) is 2.13. The minimum Gasteiger partial charge on any atom is -0.317 e. The van der Waals surface area contributed by atoms with E-state index in [4.69, 9.17) is 0 Å². The molecule has 1 N–H and O–H groups in total. The fourth-order valence-corrected chi connectivity index (χ4v) is 4.47. The Morgan fingerprint density at radius 1 is 1.16 bits per heavy atom. The first-order valence-corrected chi connectivity index (χ1v) is 8.80. The first kappa shape index (κ1) is 16.9. The molecule has 114 valence electrons. The number of piperidine rings is 1. The highest BCUT2D eigenvalue weighted by atomic mass is 32.2. The van der Waals surface area contributed by atoms with Gasteiger partial charge in [0, 0.05) is 25.7 Å². The van der Waals surface area contributed by atoms with Gasteiger partial charge >= 0.3 is 0 Å². The average molecular weight is 291 g/mol. The van der Waals surface area contributed by atoms with Gasteiger partial charge in [0.2, 0.25) is 0 Å². The zero-order valence-electron chi connectivity index (χ0n) is 12.7. The van der Waals surface area contributed by atoms with Gasteiger partial charge in [-0.2, -0.15) is 17.0 Å². The number of nitrogens with zero attached hydrogens (tertiary/aromatic N) is 2. The van der Waals surface area contributed by atoms with Gasteiger partial charge in [-0.05, 0) is 45.7 Å². The Labute approximate surface area is 118 Å². The molecule has 5 nitrogen and oxygen atoms in total. The Bertz CT molecular complexity index is 347. The SMILES string of the molecule is CCN(CC)S(=O)(=O)N(CC1CCNCC1)C(C)C. The molecule has 1 heterocycles. The van der Waals surface area contributed by atoms with Crippen LogP contribution in [0.4, 0.5) is 0 Å². The molecule has 1 rings (SSSR count). The lowest BCUT2D eigenvalue weighted by Gasteiger charge is -2.35. The van der Waals surface area contributed by atoms with E-state index in [2.05, 4.69) is 5.32 Å². The highest BCUT2D eigenvalue weighted by Gasteiger charge is 2.32. The van der Waals surface area contributed by atoms with Gasteiger partial charge in [-0.15, -0.1) is 0 Å². The molecule has 1 aliphatic heterocycles. The van der Waals surface area contributed by atoms with Gasteiger partial charge in [-0.1, -0.05) is 13.8 Å². The molecule has 1 fully saturated rings. The second-order valence-electron chi connectivity index (χ2n) is 5.45. The maximum Gasteiger partial charge on any atom is 0.282 e. The zero-order chi connectivity index (χ0) is 14.5. The van der Waals surface area contributed by atoms with E-state index >= 15 is 0 Å². The molecule has 19 heavy (non-hydrogen) atoms. The minimum absolute atomic E-state index is 0.0143. The lowest BCUT2D eigenvalue weighted by Crippen LogP contribution is -2.49. The second kappa shape index (κ2) is 7.57. The van der Waals surface area contributed by atoms with Crippen molar-refractivity contribution < 1.29 is 8.42 Å². The van der Waals surface area contributed by atoms with Crippen LogP contribution >= 0.6 is 0 Å². The van der Waals surface area contributed by atoms with Gasteiger partial charge in [-0.3, -0.25) is 0 Å². The summed E-state index contributed by atoms with van der Waals surface area (Å²) in [7, 11) is -3.32. The van der Waals surface area contributed by atoms with Crippen molar-refractivity contribution in [2.75, 3.05) is 32.7 Å². The first-order chi connectivity index (χ1) is 8.93. The molecule has 0 unspecified atom stereocenters. The van der Waals surface area contributed by atoms with Crippen LogP contribution < -0.4 is 5.32 Å². The summed E-state index contributed by atoms with van der Waals surface area (Å²) in [5.74, 6) is 0.481. The van der Waals surface area contributed by atoms with E-state index < -0.39 is 10.2 Å². The summed E-state index contributed by atoms with van der Waals surface area (Å²) < 4.78 is 28.5. The number of hydrogen-bond acceptors (Lipinski definition) is 3. The topological polar surface area (TPSA) is 52.7 Å². The van der Waals surface area contributed by atoms with Crippen molar-refractivity contribution in [3.63, 3.8) is 0 Å². The summed E-state index contributed by atoms with van der Waals surface area (Å²) in [6.45, 7) is 11.4. The standard InChI is InChI=1S/C13H29N3O2S/c1-5-15(6-2)19(17,18)16(12(3)4)11-13-7-9-14-10-8-13/h12-14H,5-11H2,1-4H3. The summed E-state index contributed by atoms with van der Waals surface area (Å²) in [4.78, 5) is 0. The highest BCUT2D eigenvalue weighted by Crippen LogP contribution is 2.19. The van der Waals surface area contributed by atoms with E-state index in [1.807, 2.05) is 27.7 Å². The Balaban J connectivity index is 2.81. The van der Waals surface area contributed by atoms with Crippen LogP contribution in [0.15, 0.2) is 0 Å². The molecule has 6 heteroatoms. The van der Waals surface area contributed by atoms with Crippen LogP contribution in [0.2, 0.25) is 0 Å². The van der Waals surface area contributed by atoms with Crippen molar-refractivity contribution in [1.29, 1.82) is 0 Å². The Morgan fingerprint density at radius 3 is 2.11 bits per heavy atom. The van der Waals surface area contributed by atoms with E-state index in [0.29, 0.717) is 25.6 Å². The van der Waals surface area contributed by atoms with E-state index in [1.165, 1.54) is 0 Å². The molecular formula is C13H29N3O2S. The van der Waals surface area contributed by atoms with Crippen LogP contribution in [-0.2, 0) is 10.2 Å². The molecule has 0 aliphatic carbocycles. The third-order valence-electron chi connectivity index (χ3n) is 3.80. The van der Waals surface area contributed by atoms with Gasteiger partial charge < -0.3 is 5.32 Å². The molecule has 0 bridgehead atoms. The van der Waals surface area contributed by atoms with Crippen LogP contribution in [0, 0.1) is 5.92 Å². The molecule has 0 saturated carbocycles.